The Bertz CT molecular complexity index is 470. The Morgan fingerprint density at radius 1 is 1.05 bits per heavy atom. The Morgan fingerprint density at radius 2 is 1.63 bits per heavy atom. The molecule has 1 saturated carbocycles. The van der Waals surface area contributed by atoms with E-state index in [2.05, 4.69) is 0 Å². The SMILES string of the molecule is COc1cc(C2(N)CCCC2)c(OC)c(Cl)c1OC. The van der Waals surface area contributed by atoms with Gasteiger partial charge in [0, 0.05) is 11.1 Å². The first-order valence-electron chi connectivity index (χ1n) is 6.35. The molecular weight excluding hydrogens is 266 g/mol. The van der Waals surface area contributed by atoms with Gasteiger partial charge in [-0.15, -0.1) is 0 Å². The zero-order valence-electron chi connectivity index (χ0n) is 11.6. The fourth-order valence-electron chi connectivity index (χ4n) is 2.78. The molecule has 0 atom stereocenters. The van der Waals surface area contributed by atoms with Gasteiger partial charge in [-0.2, -0.15) is 0 Å². The molecule has 1 aromatic rings. The molecule has 19 heavy (non-hydrogen) atoms. The fraction of sp³-hybridized carbons (Fsp3) is 0.571. The molecule has 5 heteroatoms. The van der Waals surface area contributed by atoms with Gasteiger partial charge in [0.05, 0.1) is 21.3 Å². The van der Waals surface area contributed by atoms with Gasteiger partial charge in [0.1, 0.15) is 10.8 Å². The highest BCUT2D eigenvalue weighted by atomic mass is 35.5. The largest absolute Gasteiger partial charge is 0.495 e. The van der Waals surface area contributed by atoms with Crippen molar-refractivity contribution in [2.45, 2.75) is 31.2 Å². The minimum Gasteiger partial charge on any atom is -0.495 e. The van der Waals surface area contributed by atoms with Gasteiger partial charge in [0.25, 0.3) is 0 Å². The predicted octanol–water partition coefficient (Wildman–Crippen LogP) is 3.09. The summed E-state index contributed by atoms with van der Waals surface area (Å²) < 4.78 is 16.1. The molecule has 106 valence electrons. The minimum absolute atomic E-state index is 0.394. The van der Waals surface area contributed by atoms with Crippen LogP contribution in [0.3, 0.4) is 0 Å². The summed E-state index contributed by atoms with van der Waals surface area (Å²) in [6.45, 7) is 0. The zero-order valence-corrected chi connectivity index (χ0v) is 12.3. The van der Waals surface area contributed by atoms with Crippen molar-refractivity contribution in [3.8, 4) is 17.2 Å². The van der Waals surface area contributed by atoms with E-state index in [1.165, 1.54) is 0 Å². The molecule has 0 spiro atoms. The molecule has 0 heterocycles. The Hall–Kier alpha value is -1.13. The van der Waals surface area contributed by atoms with Crippen molar-refractivity contribution >= 4 is 11.6 Å². The molecule has 2 N–H and O–H groups in total. The Balaban J connectivity index is 2.63. The van der Waals surface area contributed by atoms with Crippen molar-refractivity contribution < 1.29 is 14.2 Å². The van der Waals surface area contributed by atoms with E-state index in [1.807, 2.05) is 6.07 Å². The molecule has 0 radical (unpaired) electrons. The highest BCUT2D eigenvalue weighted by Gasteiger charge is 2.36. The van der Waals surface area contributed by atoms with Crippen LogP contribution < -0.4 is 19.9 Å². The van der Waals surface area contributed by atoms with Crippen molar-refractivity contribution in [1.82, 2.24) is 0 Å². The monoisotopic (exact) mass is 285 g/mol. The number of nitrogens with two attached hydrogens (primary N) is 1. The van der Waals surface area contributed by atoms with Crippen LogP contribution in [0.25, 0.3) is 0 Å². The molecule has 0 aromatic heterocycles. The molecule has 0 unspecified atom stereocenters. The first-order chi connectivity index (χ1) is 9.07. The van der Waals surface area contributed by atoms with Crippen molar-refractivity contribution in [3.63, 3.8) is 0 Å². The zero-order chi connectivity index (χ0) is 14.0. The molecule has 1 fully saturated rings. The van der Waals surface area contributed by atoms with Crippen LogP contribution in [-0.4, -0.2) is 21.3 Å². The van der Waals surface area contributed by atoms with E-state index < -0.39 is 5.54 Å². The number of hydrogen-bond acceptors (Lipinski definition) is 4. The topological polar surface area (TPSA) is 53.7 Å². The molecule has 0 bridgehead atoms. The van der Waals surface area contributed by atoms with Crippen LogP contribution in [0, 0.1) is 0 Å². The smallest absolute Gasteiger partial charge is 0.183 e. The van der Waals surface area contributed by atoms with E-state index in [0.29, 0.717) is 22.3 Å². The van der Waals surface area contributed by atoms with Gasteiger partial charge in [0.2, 0.25) is 0 Å². The van der Waals surface area contributed by atoms with E-state index in [-0.39, 0.29) is 0 Å². The number of ether oxygens (including phenoxy) is 3. The Kier molecular flexibility index (Phi) is 4.11. The lowest BCUT2D eigenvalue weighted by atomic mass is 9.88. The summed E-state index contributed by atoms with van der Waals surface area (Å²) >= 11 is 6.35. The third-order valence-electron chi connectivity index (χ3n) is 3.80. The molecule has 1 aromatic carbocycles. The molecule has 0 amide bonds. The summed E-state index contributed by atoms with van der Waals surface area (Å²) in [4.78, 5) is 0. The maximum absolute atomic E-state index is 6.51. The quantitative estimate of drug-likeness (QED) is 0.923. The first-order valence-corrected chi connectivity index (χ1v) is 6.73. The summed E-state index contributed by atoms with van der Waals surface area (Å²) in [5, 5.41) is 0.413. The molecular formula is C14H20ClNO3. The van der Waals surface area contributed by atoms with Gasteiger partial charge in [-0.05, 0) is 18.9 Å². The lowest BCUT2D eigenvalue weighted by Crippen LogP contribution is -2.33. The van der Waals surface area contributed by atoms with Gasteiger partial charge in [-0.25, -0.2) is 0 Å². The van der Waals surface area contributed by atoms with E-state index in [9.17, 15) is 0 Å². The number of benzene rings is 1. The average Bonchev–Trinajstić information content (AvgIpc) is 2.85. The Labute approximate surface area is 118 Å². The van der Waals surface area contributed by atoms with Crippen LogP contribution in [0.15, 0.2) is 6.07 Å². The average molecular weight is 286 g/mol. The number of hydrogen-bond donors (Lipinski definition) is 1. The van der Waals surface area contributed by atoms with Crippen LogP contribution in [0.5, 0.6) is 17.2 Å². The van der Waals surface area contributed by atoms with Crippen LogP contribution in [0.1, 0.15) is 31.2 Å². The molecule has 0 aliphatic heterocycles. The van der Waals surface area contributed by atoms with Gasteiger partial charge in [-0.3, -0.25) is 0 Å². The van der Waals surface area contributed by atoms with E-state index in [0.717, 1.165) is 31.2 Å². The molecule has 0 saturated heterocycles. The fourth-order valence-corrected chi connectivity index (χ4v) is 3.13. The van der Waals surface area contributed by atoms with Crippen LogP contribution in [0.4, 0.5) is 0 Å². The number of methoxy groups -OCH3 is 3. The van der Waals surface area contributed by atoms with Crippen LogP contribution in [0.2, 0.25) is 5.02 Å². The van der Waals surface area contributed by atoms with E-state index in [4.69, 9.17) is 31.5 Å². The second-order valence-corrected chi connectivity index (χ2v) is 5.25. The number of halogens is 1. The third-order valence-corrected chi connectivity index (χ3v) is 4.15. The maximum Gasteiger partial charge on any atom is 0.183 e. The van der Waals surface area contributed by atoms with Crippen molar-refractivity contribution in [1.29, 1.82) is 0 Å². The first kappa shape index (κ1) is 14.3. The standard InChI is InChI=1S/C14H20ClNO3/c1-17-10-8-9(14(16)6-4-5-7-14)12(18-2)11(15)13(10)19-3/h8H,4-7,16H2,1-3H3. The summed E-state index contributed by atoms with van der Waals surface area (Å²) in [5.74, 6) is 1.65. The van der Waals surface area contributed by atoms with Crippen molar-refractivity contribution in [2.24, 2.45) is 5.73 Å². The van der Waals surface area contributed by atoms with Crippen molar-refractivity contribution in [3.05, 3.63) is 16.7 Å². The highest BCUT2D eigenvalue weighted by molar-refractivity contribution is 6.34. The lowest BCUT2D eigenvalue weighted by Gasteiger charge is -2.28. The normalized spacial score (nSPS) is 17.3. The van der Waals surface area contributed by atoms with E-state index >= 15 is 0 Å². The maximum atomic E-state index is 6.51. The van der Waals surface area contributed by atoms with Gasteiger partial charge < -0.3 is 19.9 Å². The highest BCUT2D eigenvalue weighted by Crippen LogP contribution is 2.50. The molecule has 2 rings (SSSR count). The minimum atomic E-state index is -0.394. The summed E-state index contributed by atoms with van der Waals surface area (Å²) in [5.41, 5.74) is 7.01. The lowest BCUT2D eigenvalue weighted by molar-refractivity contribution is 0.339. The predicted molar refractivity (Wildman–Crippen MR) is 75.4 cm³/mol. The summed E-state index contributed by atoms with van der Waals surface area (Å²) in [6, 6.07) is 1.88. The van der Waals surface area contributed by atoms with Crippen LogP contribution in [-0.2, 0) is 5.54 Å². The number of rotatable bonds is 4. The van der Waals surface area contributed by atoms with Crippen LogP contribution >= 0.6 is 11.6 Å². The van der Waals surface area contributed by atoms with E-state index in [1.54, 1.807) is 21.3 Å². The summed E-state index contributed by atoms with van der Waals surface area (Å²) in [7, 11) is 4.73. The molecule has 1 aliphatic rings. The van der Waals surface area contributed by atoms with Gasteiger partial charge >= 0.3 is 0 Å². The second kappa shape index (κ2) is 5.47. The third kappa shape index (κ3) is 2.35. The Morgan fingerprint density at radius 3 is 2.11 bits per heavy atom. The van der Waals surface area contributed by atoms with Gasteiger partial charge in [0.15, 0.2) is 11.5 Å². The molecule has 4 nitrogen and oxygen atoms in total. The second-order valence-electron chi connectivity index (χ2n) is 4.87. The molecule has 1 aliphatic carbocycles. The van der Waals surface area contributed by atoms with Crippen molar-refractivity contribution in [2.75, 3.05) is 21.3 Å². The summed E-state index contributed by atoms with van der Waals surface area (Å²) in [6.07, 6.45) is 4.08. The van der Waals surface area contributed by atoms with Gasteiger partial charge in [-0.1, -0.05) is 24.4 Å².